The summed E-state index contributed by atoms with van der Waals surface area (Å²) in [4.78, 5) is 26.4. The van der Waals surface area contributed by atoms with Gasteiger partial charge in [0.2, 0.25) is 5.91 Å². The average molecular weight is 433 g/mol. The molecular weight excluding hydrogens is 408 g/mol. The Morgan fingerprint density at radius 3 is 2.43 bits per heavy atom. The van der Waals surface area contributed by atoms with Crippen molar-refractivity contribution in [2.75, 3.05) is 19.7 Å². The Balaban J connectivity index is 1.37. The van der Waals surface area contributed by atoms with Gasteiger partial charge in [0, 0.05) is 37.2 Å². The van der Waals surface area contributed by atoms with Crippen LogP contribution >= 0.6 is 11.6 Å². The number of aromatic hydroxyl groups is 2. The lowest BCUT2D eigenvalue weighted by molar-refractivity contribution is -0.122. The number of nitrogens with zero attached hydrogens (tertiary/aromatic N) is 1. The summed E-state index contributed by atoms with van der Waals surface area (Å²) in [5.41, 5.74) is 0.244. The van der Waals surface area contributed by atoms with Crippen molar-refractivity contribution in [1.82, 2.24) is 10.2 Å². The Hall–Kier alpha value is -2.93. The van der Waals surface area contributed by atoms with Crippen LogP contribution < -0.4 is 10.1 Å². The van der Waals surface area contributed by atoms with Gasteiger partial charge in [0.15, 0.2) is 0 Å². The molecule has 1 saturated heterocycles. The lowest BCUT2D eigenvalue weighted by Gasteiger charge is -2.32. The molecule has 0 saturated carbocycles. The normalized spacial score (nSPS) is 14.4. The van der Waals surface area contributed by atoms with Crippen LogP contribution in [0.2, 0.25) is 5.02 Å². The first kappa shape index (κ1) is 21.8. The van der Waals surface area contributed by atoms with Crippen LogP contribution in [0.4, 0.5) is 0 Å². The SMILES string of the molecule is O=C(CCCOc1ccccc1Cl)NC1CCN(C(=O)c2cc(O)cc(O)c2)CC1. The molecule has 1 aliphatic heterocycles. The molecule has 1 fully saturated rings. The molecule has 30 heavy (non-hydrogen) atoms. The fraction of sp³-hybridized carbons (Fsp3) is 0.364. The lowest BCUT2D eigenvalue weighted by Crippen LogP contribution is -2.46. The van der Waals surface area contributed by atoms with Crippen molar-refractivity contribution in [3.05, 3.63) is 53.1 Å². The topological polar surface area (TPSA) is 99.1 Å². The number of rotatable bonds is 7. The van der Waals surface area contributed by atoms with Crippen LogP contribution in [-0.2, 0) is 4.79 Å². The molecular formula is C22H25ClN2O5. The molecule has 2 aromatic rings. The van der Waals surface area contributed by atoms with Gasteiger partial charge in [-0.3, -0.25) is 9.59 Å². The number of ether oxygens (including phenoxy) is 1. The summed E-state index contributed by atoms with van der Waals surface area (Å²) in [7, 11) is 0. The van der Waals surface area contributed by atoms with Crippen molar-refractivity contribution in [3.63, 3.8) is 0 Å². The molecule has 0 spiro atoms. The van der Waals surface area contributed by atoms with Crippen LogP contribution in [0.15, 0.2) is 42.5 Å². The van der Waals surface area contributed by atoms with Crippen LogP contribution in [0.1, 0.15) is 36.0 Å². The van der Waals surface area contributed by atoms with Crippen LogP contribution in [0.5, 0.6) is 17.2 Å². The Bertz CT molecular complexity index is 877. The second-order valence-corrected chi connectivity index (χ2v) is 7.66. The highest BCUT2D eigenvalue weighted by Gasteiger charge is 2.25. The van der Waals surface area contributed by atoms with E-state index < -0.39 is 0 Å². The summed E-state index contributed by atoms with van der Waals surface area (Å²) in [6.07, 6.45) is 2.23. The van der Waals surface area contributed by atoms with Gasteiger partial charge in [-0.1, -0.05) is 23.7 Å². The molecule has 2 amide bonds. The van der Waals surface area contributed by atoms with E-state index >= 15 is 0 Å². The second kappa shape index (κ2) is 10.2. The van der Waals surface area contributed by atoms with Crippen molar-refractivity contribution >= 4 is 23.4 Å². The number of benzene rings is 2. The van der Waals surface area contributed by atoms with E-state index in [0.29, 0.717) is 56.2 Å². The number of halogens is 1. The molecule has 0 bridgehead atoms. The molecule has 0 aromatic heterocycles. The molecule has 3 N–H and O–H groups in total. The zero-order chi connectivity index (χ0) is 21.5. The van der Waals surface area contributed by atoms with Crippen molar-refractivity contribution in [2.24, 2.45) is 0 Å². The molecule has 1 heterocycles. The maximum Gasteiger partial charge on any atom is 0.254 e. The average Bonchev–Trinajstić information content (AvgIpc) is 2.72. The van der Waals surface area contributed by atoms with Gasteiger partial charge in [-0.2, -0.15) is 0 Å². The number of amides is 2. The summed E-state index contributed by atoms with van der Waals surface area (Å²) < 4.78 is 5.58. The first-order valence-corrected chi connectivity index (χ1v) is 10.3. The zero-order valence-corrected chi connectivity index (χ0v) is 17.3. The number of phenols is 2. The minimum absolute atomic E-state index is 0.0172. The zero-order valence-electron chi connectivity index (χ0n) is 16.5. The third kappa shape index (κ3) is 6.03. The Morgan fingerprint density at radius 1 is 1.10 bits per heavy atom. The fourth-order valence-corrected chi connectivity index (χ4v) is 3.59. The number of likely N-dealkylation sites (tertiary alicyclic amines) is 1. The summed E-state index contributed by atoms with van der Waals surface area (Å²) >= 11 is 6.03. The molecule has 160 valence electrons. The number of piperidine rings is 1. The number of carbonyl (C=O) groups excluding carboxylic acids is 2. The fourth-order valence-electron chi connectivity index (χ4n) is 3.40. The molecule has 1 aliphatic rings. The van der Waals surface area contributed by atoms with E-state index in [1.165, 1.54) is 18.2 Å². The Labute approximate surface area is 180 Å². The highest BCUT2D eigenvalue weighted by molar-refractivity contribution is 6.32. The highest BCUT2D eigenvalue weighted by Crippen LogP contribution is 2.24. The molecule has 0 unspecified atom stereocenters. The van der Waals surface area contributed by atoms with Gasteiger partial charge in [-0.25, -0.2) is 0 Å². The molecule has 0 radical (unpaired) electrons. The third-order valence-electron chi connectivity index (χ3n) is 4.94. The van der Waals surface area contributed by atoms with Gasteiger partial charge in [0.05, 0.1) is 11.6 Å². The summed E-state index contributed by atoms with van der Waals surface area (Å²) in [6, 6.07) is 11.1. The van der Waals surface area contributed by atoms with Crippen molar-refractivity contribution in [2.45, 2.75) is 31.7 Å². The maximum absolute atomic E-state index is 12.5. The molecule has 0 atom stereocenters. The van der Waals surface area contributed by atoms with Gasteiger partial charge in [-0.05, 0) is 43.5 Å². The van der Waals surface area contributed by atoms with E-state index in [1.807, 2.05) is 12.1 Å². The van der Waals surface area contributed by atoms with Gasteiger partial charge in [0.25, 0.3) is 5.91 Å². The van der Waals surface area contributed by atoms with Gasteiger partial charge in [0.1, 0.15) is 17.2 Å². The van der Waals surface area contributed by atoms with Crippen LogP contribution in [-0.4, -0.2) is 52.7 Å². The number of nitrogens with one attached hydrogen (secondary N) is 1. The van der Waals surface area contributed by atoms with E-state index in [1.54, 1.807) is 17.0 Å². The molecule has 2 aromatic carbocycles. The number of hydrogen-bond acceptors (Lipinski definition) is 5. The van der Waals surface area contributed by atoms with Crippen molar-refractivity contribution in [1.29, 1.82) is 0 Å². The van der Waals surface area contributed by atoms with Gasteiger partial charge in [-0.15, -0.1) is 0 Å². The minimum atomic E-state index is -0.248. The number of carbonyl (C=O) groups is 2. The quantitative estimate of drug-likeness (QED) is 0.583. The summed E-state index contributed by atoms with van der Waals surface area (Å²) in [5.74, 6) is 0.0119. The van der Waals surface area contributed by atoms with Gasteiger partial charge < -0.3 is 25.2 Å². The van der Waals surface area contributed by atoms with E-state index in [9.17, 15) is 19.8 Å². The van der Waals surface area contributed by atoms with Crippen LogP contribution in [0.3, 0.4) is 0 Å². The maximum atomic E-state index is 12.5. The highest BCUT2D eigenvalue weighted by atomic mass is 35.5. The lowest BCUT2D eigenvalue weighted by atomic mass is 10.0. The molecule has 8 heteroatoms. The second-order valence-electron chi connectivity index (χ2n) is 7.25. The Kier molecular flexibility index (Phi) is 7.41. The predicted molar refractivity (Wildman–Crippen MR) is 113 cm³/mol. The first-order valence-electron chi connectivity index (χ1n) is 9.91. The van der Waals surface area contributed by atoms with E-state index in [0.717, 1.165) is 0 Å². The monoisotopic (exact) mass is 432 g/mol. The number of phenolic OH excluding ortho intramolecular Hbond substituents is 2. The molecule has 0 aliphatic carbocycles. The van der Waals surface area contributed by atoms with Crippen LogP contribution in [0.25, 0.3) is 0 Å². The molecule has 7 nitrogen and oxygen atoms in total. The van der Waals surface area contributed by atoms with Crippen molar-refractivity contribution < 1.29 is 24.5 Å². The number of hydrogen-bond donors (Lipinski definition) is 3. The third-order valence-corrected chi connectivity index (χ3v) is 5.25. The van der Waals surface area contributed by atoms with E-state index in [4.69, 9.17) is 16.3 Å². The summed E-state index contributed by atoms with van der Waals surface area (Å²) in [5, 5.41) is 22.7. The van der Waals surface area contributed by atoms with Crippen molar-refractivity contribution in [3.8, 4) is 17.2 Å². The van der Waals surface area contributed by atoms with E-state index in [-0.39, 0.29) is 34.9 Å². The Morgan fingerprint density at radius 2 is 1.77 bits per heavy atom. The van der Waals surface area contributed by atoms with Gasteiger partial charge >= 0.3 is 0 Å². The molecule has 3 rings (SSSR count). The number of para-hydroxylation sites is 1. The first-order chi connectivity index (χ1) is 14.4. The van der Waals surface area contributed by atoms with Crippen LogP contribution in [0, 0.1) is 0 Å². The predicted octanol–water partition coefficient (Wildman–Crippen LogP) is 3.33. The van der Waals surface area contributed by atoms with E-state index in [2.05, 4.69) is 5.32 Å². The summed E-state index contributed by atoms with van der Waals surface area (Å²) in [6.45, 7) is 1.40. The smallest absolute Gasteiger partial charge is 0.254 e. The standard InChI is InChI=1S/C22H25ClN2O5/c23-19-4-1-2-5-20(19)30-11-3-6-21(28)24-16-7-9-25(10-8-16)22(29)15-12-17(26)14-18(27)13-15/h1-2,4-5,12-14,16,26-27H,3,6-11H2,(H,24,28). The largest absolute Gasteiger partial charge is 0.508 e. The minimum Gasteiger partial charge on any atom is -0.508 e.